The van der Waals surface area contributed by atoms with Crippen LogP contribution >= 0.6 is 0 Å². The number of piperidine rings is 1. The lowest BCUT2D eigenvalue weighted by atomic mass is 10.1. The minimum Gasteiger partial charge on any atom is -0.481 e. The highest BCUT2D eigenvalue weighted by Gasteiger charge is 2.28. The van der Waals surface area contributed by atoms with Crippen LogP contribution in [-0.4, -0.2) is 23.7 Å². The van der Waals surface area contributed by atoms with Gasteiger partial charge in [-0.1, -0.05) is 0 Å². The van der Waals surface area contributed by atoms with E-state index in [0.717, 1.165) is 0 Å². The van der Waals surface area contributed by atoms with Crippen LogP contribution in [0.4, 0.5) is 0 Å². The van der Waals surface area contributed by atoms with E-state index in [1.807, 2.05) is 0 Å². The molecule has 1 aliphatic rings. The van der Waals surface area contributed by atoms with Gasteiger partial charge in [-0.2, -0.15) is 0 Å². The van der Waals surface area contributed by atoms with Crippen molar-refractivity contribution in [1.82, 2.24) is 5.32 Å². The molecule has 0 saturated carbocycles. The van der Waals surface area contributed by atoms with E-state index in [1.165, 1.54) is 6.92 Å². The normalized spacial score (nSPS) is 19.3. The topological polar surface area (TPSA) is 72.5 Å². The van der Waals surface area contributed by atoms with Gasteiger partial charge in [-0.05, 0) is 31.2 Å². The lowest BCUT2D eigenvalue weighted by molar-refractivity contribution is -0.138. The van der Waals surface area contributed by atoms with Gasteiger partial charge in [0.1, 0.15) is 5.75 Å². The van der Waals surface area contributed by atoms with Crippen molar-refractivity contribution in [2.75, 3.05) is 0 Å². The largest absolute Gasteiger partial charge is 0.481 e. The molecule has 0 aromatic heterocycles. The first-order valence-electron chi connectivity index (χ1n) is 5.67. The van der Waals surface area contributed by atoms with E-state index in [-0.39, 0.29) is 18.1 Å². The molecule has 1 heterocycles. The molecule has 5 nitrogen and oxygen atoms in total. The maximum absolute atomic E-state index is 11.5. The molecule has 18 heavy (non-hydrogen) atoms. The molecular weight excluding hydrogens is 234 g/mol. The molecule has 94 valence electrons. The summed E-state index contributed by atoms with van der Waals surface area (Å²) in [6, 6.07) is 6.56. The monoisotopic (exact) mass is 247 g/mol. The summed E-state index contributed by atoms with van der Waals surface area (Å²) < 4.78 is 5.48. The molecule has 1 aromatic carbocycles. The molecule has 0 aliphatic carbocycles. The maximum Gasteiger partial charge on any atom is 0.267 e. The number of carbonyl (C=O) groups is 3. The molecule has 2 amide bonds. The molecular formula is C13H13NO4. The van der Waals surface area contributed by atoms with E-state index in [2.05, 4.69) is 5.32 Å². The molecule has 0 bridgehead atoms. The zero-order valence-corrected chi connectivity index (χ0v) is 9.93. The van der Waals surface area contributed by atoms with Crippen LogP contribution in [0.15, 0.2) is 24.3 Å². The summed E-state index contributed by atoms with van der Waals surface area (Å²) in [7, 11) is 0. The fourth-order valence-electron chi connectivity index (χ4n) is 1.72. The second-order valence-electron chi connectivity index (χ2n) is 4.14. The molecule has 2 rings (SSSR count). The van der Waals surface area contributed by atoms with Crippen molar-refractivity contribution in [3.05, 3.63) is 29.8 Å². The number of carbonyl (C=O) groups excluding carboxylic acids is 3. The Morgan fingerprint density at radius 1 is 1.28 bits per heavy atom. The van der Waals surface area contributed by atoms with Gasteiger partial charge in [-0.3, -0.25) is 19.7 Å². The predicted molar refractivity (Wildman–Crippen MR) is 63.2 cm³/mol. The first-order chi connectivity index (χ1) is 8.56. The van der Waals surface area contributed by atoms with Crippen molar-refractivity contribution in [3.63, 3.8) is 0 Å². The quantitative estimate of drug-likeness (QED) is 0.640. The number of Topliss-reactive ketones (excluding diaryl/α,β-unsaturated/α-hetero) is 1. The summed E-state index contributed by atoms with van der Waals surface area (Å²) in [5, 5.41) is 2.22. The van der Waals surface area contributed by atoms with Gasteiger partial charge in [-0.15, -0.1) is 0 Å². The molecule has 1 aliphatic heterocycles. The van der Waals surface area contributed by atoms with Crippen LogP contribution in [0, 0.1) is 0 Å². The Morgan fingerprint density at radius 2 is 1.94 bits per heavy atom. The number of rotatable bonds is 3. The van der Waals surface area contributed by atoms with E-state index in [0.29, 0.717) is 17.7 Å². The van der Waals surface area contributed by atoms with Crippen LogP contribution < -0.4 is 10.1 Å². The van der Waals surface area contributed by atoms with Crippen molar-refractivity contribution in [2.24, 2.45) is 0 Å². The van der Waals surface area contributed by atoms with Gasteiger partial charge in [0.2, 0.25) is 5.91 Å². The minimum absolute atomic E-state index is 0.0254. The summed E-state index contributed by atoms with van der Waals surface area (Å²) in [6.45, 7) is 1.48. The molecule has 0 radical (unpaired) electrons. The van der Waals surface area contributed by atoms with Gasteiger partial charge < -0.3 is 4.74 Å². The Morgan fingerprint density at radius 3 is 2.50 bits per heavy atom. The first kappa shape index (κ1) is 12.3. The fourth-order valence-corrected chi connectivity index (χ4v) is 1.72. The van der Waals surface area contributed by atoms with Gasteiger partial charge in [-0.25, -0.2) is 0 Å². The van der Waals surface area contributed by atoms with Crippen molar-refractivity contribution in [3.8, 4) is 5.75 Å². The van der Waals surface area contributed by atoms with E-state index >= 15 is 0 Å². The Bertz CT molecular complexity index is 492. The lowest BCUT2D eigenvalue weighted by Crippen LogP contribution is -2.46. The van der Waals surface area contributed by atoms with Gasteiger partial charge in [0.25, 0.3) is 5.91 Å². The smallest absolute Gasteiger partial charge is 0.267 e. The van der Waals surface area contributed by atoms with Crippen molar-refractivity contribution in [2.45, 2.75) is 25.9 Å². The highest BCUT2D eigenvalue weighted by molar-refractivity contribution is 6.00. The van der Waals surface area contributed by atoms with Crippen LogP contribution in [0.1, 0.15) is 30.1 Å². The van der Waals surface area contributed by atoms with Crippen LogP contribution in [0.5, 0.6) is 5.75 Å². The highest BCUT2D eigenvalue weighted by atomic mass is 16.5. The van der Waals surface area contributed by atoms with E-state index in [4.69, 9.17) is 4.74 Å². The number of hydrogen-bond donors (Lipinski definition) is 1. The summed E-state index contributed by atoms with van der Waals surface area (Å²) in [4.78, 5) is 33.5. The van der Waals surface area contributed by atoms with Gasteiger partial charge in [0.05, 0.1) is 0 Å². The summed E-state index contributed by atoms with van der Waals surface area (Å²) in [5.74, 6) is -0.203. The third kappa shape index (κ3) is 2.74. The summed E-state index contributed by atoms with van der Waals surface area (Å²) in [5.41, 5.74) is 0.589. The van der Waals surface area contributed by atoms with Crippen molar-refractivity contribution < 1.29 is 19.1 Å². The van der Waals surface area contributed by atoms with Crippen LogP contribution in [0.3, 0.4) is 0 Å². The first-order valence-corrected chi connectivity index (χ1v) is 5.67. The number of benzene rings is 1. The second kappa shape index (κ2) is 5.00. The SMILES string of the molecule is CC(=O)c1ccc(OC2CCC(=O)NC2=O)cc1. The fraction of sp³-hybridized carbons (Fsp3) is 0.308. The zero-order valence-electron chi connectivity index (χ0n) is 9.93. The lowest BCUT2D eigenvalue weighted by Gasteiger charge is -2.21. The number of imide groups is 1. The molecule has 1 aromatic rings. The van der Waals surface area contributed by atoms with Crippen LogP contribution in [0.2, 0.25) is 0 Å². The van der Waals surface area contributed by atoms with E-state index < -0.39 is 12.0 Å². The Hall–Kier alpha value is -2.17. The molecule has 0 spiro atoms. The maximum atomic E-state index is 11.5. The molecule has 1 unspecified atom stereocenters. The van der Waals surface area contributed by atoms with Gasteiger partial charge >= 0.3 is 0 Å². The average Bonchev–Trinajstić information content (AvgIpc) is 2.33. The Balaban J connectivity index is 2.03. The summed E-state index contributed by atoms with van der Waals surface area (Å²) in [6.07, 6.45) is 0.00650. The van der Waals surface area contributed by atoms with E-state index in [1.54, 1.807) is 24.3 Å². The zero-order chi connectivity index (χ0) is 13.1. The van der Waals surface area contributed by atoms with Crippen molar-refractivity contribution >= 4 is 17.6 Å². The molecule has 5 heteroatoms. The van der Waals surface area contributed by atoms with Crippen LogP contribution in [0.25, 0.3) is 0 Å². The van der Waals surface area contributed by atoms with E-state index in [9.17, 15) is 14.4 Å². The van der Waals surface area contributed by atoms with Crippen molar-refractivity contribution in [1.29, 1.82) is 0 Å². The standard InChI is InChI=1S/C13H13NO4/c1-8(15)9-2-4-10(5-3-9)18-11-6-7-12(16)14-13(11)17/h2-5,11H,6-7H2,1H3,(H,14,16,17). The number of nitrogens with one attached hydrogen (secondary N) is 1. The summed E-state index contributed by atoms with van der Waals surface area (Å²) >= 11 is 0. The Kier molecular flexibility index (Phi) is 3.41. The minimum atomic E-state index is -0.647. The van der Waals surface area contributed by atoms with Crippen LogP contribution in [-0.2, 0) is 9.59 Å². The van der Waals surface area contributed by atoms with Gasteiger partial charge in [0, 0.05) is 18.4 Å². The predicted octanol–water partition coefficient (Wildman–Crippen LogP) is 1.07. The average molecular weight is 247 g/mol. The molecule has 1 N–H and O–H groups in total. The van der Waals surface area contributed by atoms with Gasteiger partial charge in [0.15, 0.2) is 11.9 Å². The third-order valence-electron chi connectivity index (χ3n) is 2.73. The second-order valence-corrected chi connectivity index (χ2v) is 4.14. The Labute approximate surface area is 104 Å². The number of amides is 2. The molecule has 1 atom stereocenters. The third-order valence-corrected chi connectivity index (χ3v) is 2.73. The number of ether oxygens (including phenoxy) is 1. The highest BCUT2D eigenvalue weighted by Crippen LogP contribution is 2.17. The number of hydrogen-bond acceptors (Lipinski definition) is 4. The molecule has 1 fully saturated rings. The molecule has 1 saturated heterocycles. The number of ketones is 1.